The SMILES string of the molecule is Cc1noc(CC2(O)CCCN(CC(=O)N(C)Cc3ccco3)C2)n1. The number of carbonyl (C=O) groups excluding carboxylic acids is 1. The number of hydrogen-bond donors (Lipinski definition) is 1. The molecule has 2 aromatic rings. The number of piperidine rings is 1. The lowest BCUT2D eigenvalue weighted by Gasteiger charge is -2.38. The molecule has 0 bridgehead atoms. The highest BCUT2D eigenvalue weighted by molar-refractivity contribution is 5.77. The van der Waals surface area contributed by atoms with Gasteiger partial charge in [0.25, 0.3) is 0 Å². The minimum Gasteiger partial charge on any atom is -0.467 e. The Bertz CT molecular complexity index is 699. The van der Waals surface area contributed by atoms with Crippen LogP contribution in [0.3, 0.4) is 0 Å². The summed E-state index contributed by atoms with van der Waals surface area (Å²) in [5, 5.41) is 14.6. The molecule has 8 nitrogen and oxygen atoms in total. The number of aliphatic hydroxyl groups is 1. The maximum Gasteiger partial charge on any atom is 0.236 e. The second-order valence-electron chi connectivity index (χ2n) is 6.78. The summed E-state index contributed by atoms with van der Waals surface area (Å²) in [5.74, 6) is 1.73. The number of aryl methyl sites for hydroxylation is 1. The Morgan fingerprint density at radius 3 is 3.04 bits per heavy atom. The zero-order valence-corrected chi connectivity index (χ0v) is 14.6. The third kappa shape index (κ3) is 4.67. The summed E-state index contributed by atoms with van der Waals surface area (Å²) in [4.78, 5) is 20.2. The summed E-state index contributed by atoms with van der Waals surface area (Å²) in [6.07, 6.45) is 3.37. The molecular formula is C17H24N4O4. The highest BCUT2D eigenvalue weighted by atomic mass is 16.5. The number of hydrogen-bond acceptors (Lipinski definition) is 7. The molecule has 8 heteroatoms. The minimum absolute atomic E-state index is 0.00529. The molecule has 3 heterocycles. The van der Waals surface area contributed by atoms with Gasteiger partial charge in [0.05, 0.1) is 31.4 Å². The average molecular weight is 348 g/mol. The third-order valence-corrected chi connectivity index (χ3v) is 4.44. The Kier molecular flexibility index (Phi) is 5.19. The number of rotatable bonds is 6. The zero-order chi connectivity index (χ0) is 17.9. The molecule has 1 fully saturated rings. The molecule has 25 heavy (non-hydrogen) atoms. The van der Waals surface area contributed by atoms with E-state index < -0.39 is 5.60 Å². The normalized spacial score (nSPS) is 21.4. The van der Waals surface area contributed by atoms with Crippen LogP contribution in [-0.2, 0) is 17.8 Å². The fraction of sp³-hybridized carbons (Fsp3) is 0.588. The Balaban J connectivity index is 1.54. The topological polar surface area (TPSA) is 95.8 Å². The molecule has 0 spiro atoms. The predicted molar refractivity (Wildman–Crippen MR) is 88.5 cm³/mol. The van der Waals surface area contributed by atoms with Crippen molar-refractivity contribution in [2.45, 2.75) is 38.3 Å². The summed E-state index contributed by atoms with van der Waals surface area (Å²) in [5.41, 5.74) is -0.947. The molecule has 2 aromatic heterocycles. The van der Waals surface area contributed by atoms with Gasteiger partial charge in [-0.2, -0.15) is 4.98 Å². The first-order valence-electron chi connectivity index (χ1n) is 8.44. The Morgan fingerprint density at radius 2 is 2.36 bits per heavy atom. The number of furan rings is 1. The Hall–Kier alpha value is -2.19. The van der Waals surface area contributed by atoms with Crippen LogP contribution in [0.5, 0.6) is 0 Å². The van der Waals surface area contributed by atoms with Crippen LogP contribution in [0.25, 0.3) is 0 Å². The molecule has 0 radical (unpaired) electrons. The van der Waals surface area contributed by atoms with E-state index in [9.17, 15) is 9.90 Å². The number of nitrogens with zero attached hydrogens (tertiary/aromatic N) is 4. The maximum absolute atomic E-state index is 12.4. The molecule has 0 saturated carbocycles. The summed E-state index contributed by atoms with van der Waals surface area (Å²) >= 11 is 0. The standard InChI is InChI=1S/C17H24N4O4/c1-13-18-15(25-19-13)9-17(23)6-4-7-21(12-17)11-16(22)20(2)10-14-5-3-8-24-14/h3,5,8,23H,4,6-7,9-12H2,1-2H3. The molecular weight excluding hydrogens is 324 g/mol. The van der Waals surface area contributed by atoms with Gasteiger partial charge in [0, 0.05) is 13.6 Å². The van der Waals surface area contributed by atoms with Gasteiger partial charge in [-0.1, -0.05) is 5.16 Å². The molecule has 1 aliphatic heterocycles. The molecule has 1 atom stereocenters. The van der Waals surface area contributed by atoms with E-state index in [1.165, 1.54) is 0 Å². The first-order chi connectivity index (χ1) is 11.9. The molecule has 1 saturated heterocycles. The second-order valence-corrected chi connectivity index (χ2v) is 6.78. The number of aromatic nitrogens is 2. The van der Waals surface area contributed by atoms with Gasteiger partial charge < -0.3 is 18.9 Å². The Labute approximate surface area is 146 Å². The van der Waals surface area contributed by atoms with Gasteiger partial charge in [-0.05, 0) is 38.4 Å². The van der Waals surface area contributed by atoms with Crippen molar-refractivity contribution in [2.24, 2.45) is 0 Å². The van der Waals surface area contributed by atoms with Gasteiger partial charge in [0.15, 0.2) is 5.82 Å². The number of carbonyl (C=O) groups is 1. The first kappa shape index (κ1) is 17.6. The van der Waals surface area contributed by atoms with E-state index >= 15 is 0 Å². The van der Waals surface area contributed by atoms with Gasteiger partial charge in [-0.3, -0.25) is 9.69 Å². The van der Waals surface area contributed by atoms with E-state index in [4.69, 9.17) is 8.94 Å². The molecule has 1 unspecified atom stereocenters. The number of likely N-dealkylation sites (tertiary alicyclic amines) is 1. The van der Waals surface area contributed by atoms with E-state index in [1.807, 2.05) is 11.0 Å². The highest BCUT2D eigenvalue weighted by Gasteiger charge is 2.36. The number of β-amino-alcohol motifs (C(OH)–C–C–N with tert-alkyl or cyclic N) is 1. The molecule has 1 amide bonds. The van der Waals surface area contributed by atoms with Gasteiger partial charge in [0.2, 0.25) is 11.8 Å². The van der Waals surface area contributed by atoms with Crippen molar-refractivity contribution in [1.29, 1.82) is 0 Å². The van der Waals surface area contributed by atoms with Crippen molar-refractivity contribution in [3.63, 3.8) is 0 Å². The van der Waals surface area contributed by atoms with Crippen molar-refractivity contribution < 1.29 is 18.8 Å². The number of amides is 1. The summed E-state index contributed by atoms with van der Waals surface area (Å²) in [6.45, 7) is 3.64. The van der Waals surface area contributed by atoms with Gasteiger partial charge in [0.1, 0.15) is 5.76 Å². The van der Waals surface area contributed by atoms with Crippen molar-refractivity contribution in [1.82, 2.24) is 19.9 Å². The fourth-order valence-corrected chi connectivity index (χ4v) is 3.22. The lowest BCUT2D eigenvalue weighted by molar-refractivity contribution is -0.133. The molecule has 0 aromatic carbocycles. The van der Waals surface area contributed by atoms with Crippen molar-refractivity contribution in [3.8, 4) is 0 Å². The van der Waals surface area contributed by atoms with Crippen LogP contribution in [0.15, 0.2) is 27.3 Å². The molecule has 1 N–H and O–H groups in total. The lowest BCUT2D eigenvalue weighted by Crippen LogP contribution is -2.52. The number of likely N-dealkylation sites (N-methyl/N-ethyl adjacent to an activating group) is 1. The monoisotopic (exact) mass is 348 g/mol. The second kappa shape index (κ2) is 7.37. The van der Waals surface area contributed by atoms with E-state index in [1.54, 1.807) is 31.2 Å². The van der Waals surface area contributed by atoms with Crippen molar-refractivity contribution in [2.75, 3.05) is 26.7 Å². The minimum atomic E-state index is -0.947. The van der Waals surface area contributed by atoms with E-state index in [0.717, 1.165) is 18.7 Å². The molecule has 136 valence electrons. The van der Waals surface area contributed by atoms with Crippen molar-refractivity contribution >= 4 is 5.91 Å². The largest absolute Gasteiger partial charge is 0.467 e. The summed E-state index contributed by atoms with van der Waals surface area (Å²) in [6, 6.07) is 3.65. The average Bonchev–Trinajstić information content (AvgIpc) is 3.18. The van der Waals surface area contributed by atoms with Gasteiger partial charge in [-0.25, -0.2) is 0 Å². The first-order valence-corrected chi connectivity index (χ1v) is 8.44. The summed E-state index contributed by atoms with van der Waals surface area (Å²) in [7, 11) is 1.75. The van der Waals surface area contributed by atoms with Crippen LogP contribution in [0, 0.1) is 6.92 Å². The van der Waals surface area contributed by atoms with E-state index in [-0.39, 0.29) is 12.5 Å². The Morgan fingerprint density at radius 1 is 1.52 bits per heavy atom. The van der Waals surface area contributed by atoms with Crippen LogP contribution in [-0.4, -0.2) is 63.2 Å². The van der Waals surface area contributed by atoms with Crippen LogP contribution >= 0.6 is 0 Å². The molecule has 1 aliphatic rings. The molecule has 3 rings (SSSR count). The highest BCUT2D eigenvalue weighted by Crippen LogP contribution is 2.25. The quantitative estimate of drug-likeness (QED) is 0.832. The van der Waals surface area contributed by atoms with E-state index in [0.29, 0.717) is 37.6 Å². The smallest absolute Gasteiger partial charge is 0.236 e. The zero-order valence-electron chi connectivity index (χ0n) is 14.6. The van der Waals surface area contributed by atoms with Crippen LogP contribution < -0.4 is 0 Å². The third-order valence-electron chi connectivity index (χ3n) is 4.44. The maximum atomic E-state index is 12.4. The van der Waals surface area contributed by atoms with Crippen LogP contribution in [0.1, 0.15) is 30.3 Å². The predicted octanol–water partition coefficient (Wildman–Crippen LogP) is 0.999. The summed E-state index contributed by atoms with van der Waals surface area (Å²) < 4.78 is 10.4. The van der Waals surface area contributed by atoms with Crippen LogP contribution in [0.2, 0.25) is 0 Å². The van der Waals surface area contributed by atoms with Crippen molar-refractivity contribution in [3.05, 3.63) is 35.9 Å². The van der Waals surface area contributed by atoms with Crippen LogP contribution in [0.4, 0.5) is 0 Å². The van der Waals surface area contributed by atoms with Gasteiger partial charge in [-0.15, -0.1) is 0 Å². The lowest BCUT2D eigenvalue weighted by atomic mass is 9.89. The molecule has 0 aliphatic carbocycles. The van der Waals surface area contributed by atoms with E-state index in [2.05, 4.69) is 10.1 Å². The van der Waals surface area contributed by atoms with Gasteiger partial charge >= 0.3 is 0 Å². The fourth-order valence-electron chi connectivity index (χ4n) is 3.22.